The maximum absolute atomic E-state index is 13.1. The monoisotopic (exact) mass is 192 g/mol. The molecular formula is C11H9FO2. The second-order valence-electron chi connectivity index (χ2n) is 2.65. The van der Waals surface area contributed by atoms with Gasteiger partial charge in [-0.2, -0.15) is 0 Å². The number of halogens is 1. The van der Waals surface area contributed by atoms with Crippen molar-refractivity contribution in [3.63, 3.8) is 0 Å². The second kappa shape index (κ2) is 4.43. The fourth-order valence-electron chi connectivity index (χ4n) is 1.03. The van der Waals surface area contributed by atoms with Gasteiger partial charge in [-0.1, -0.05) is 5.92 Å². The van der Waals surface area contributed by atoms with Gasteiger partial charge in [0.25, 0.3) is 0 Å². The zero-order valence-electron chi connectivity index (χ0n) is 7.71. The summed E-state index contributed by atoms with van der Waals surface area (Å²) in [7, 11) is 1.36. The Morgan fingerprint density at radius 2 is 2.36 bits per heavy atom. The molecule has 2 nitrogen and oxygen atoms in total. The number of carbonyl (C=O) groups is 1. The highest BCUT2D eigenvalue weighted by Crippen LogP contribution is 2.18. The van der Waals surface area contributed by atoms with Crippen LogP contribution in [0.15, 0.2) is 18.2 Å². The molecule has 0 saturated carbocycles. The number of benzene rings is 1. The van der Waals surface area contributed by atoms with E-state index in [0.29, 0.717) is 0 Å². The highest BCUT2D eigenvalue weighted by atomic mass is 19.1. The number of ketones is 1. The second-order valence-corrected chi connectivity index (χ2v) is 2.65. The lowest BCUT2D eigenvalue weighted by Crippen LogP contribution is -1.99. The SMILES string of the molecule is C#CCC(=O)c1ccc(OC)c(F)c1. The molecule has 3 heteroatoms. The Kier molecular flexibility index (Phi) is 3.24. The largest absolute Gasteiger partial charge is 0.494 e. The average Bonchev–Trinajstić information content (AvgIpc) is 2.18. The number of hydrogen-bond donors (Lipinski definition) is 0. The molecule has 0 N–H and O–H groups in total. The van der Waals surface area contributed by atoms with Gasteiger partial charge in [-0.15, -0.1) is 6.42 Å². The van der Waals surface area contributed by atoms with Gasteiger partial charge in [0.2, 0.25) is 0 Å². The molecule has 0 aliphatic heterocycles. The van der Waals surface area contributed by atoms with Gasteiger partial charge in [0, 0.05) is 5.56 Å². The summed E-state index contributed by atoms with van der Waals surface area (Å²) < 4.78 is 17.8. The first-order valence-corrected chi connectivity index (χ1v) is 3.99. The van der Waals surface area contributed by atoms with Gasteiger partial charge in [0.15, 0.2) is 17.3 Å². The van der Waals surface area contributed by atoms with E-state index in [-0.39, 0.29) is 23.5 Å². The smallest absolute Gasteiger partial charge is 0.174 e. The predicted molar refractivity (Wildman–Crippen MR) is 50.7 cm³/mol. The van der Waals surface area contributed by atoms with Crippen molar-refractivity contribution in [2.75, 3.05) is 7.11 Å². The van der Waals surface area contributed by atoms with Crippen LogP contribution in [-0.2, 0) is 0 Å². The standard InChI is InChI=1S/C11H9FO2/c1-3-4-10(13)8-5-6-11(14-2)9(12)7-8/h1,5-7H,4H2,2H3. The van der Waals surface area contributed by atoms with Crippen molar-refractivity contribution < 1.29 is 13.9 Å². The number of rotatable bonds is 3. The van der Waals surface area contributed by atoms with Gasteiger partial charge < -0.3 is 4.74 Å². The zero-order valence-corrected chi connectivity index (χ0v) is 7.71. The lowest BCUT2D eigenvalue weighted by molar-refractivity contribution is 0.0997. The van der Waals surface area contributed by atoms with Crippen LogP contribution in [0.5, 0.6) is 5.75 Å². The molecule has 0 aromatic heterocycles. The summed E-state index contributed by atoms with van der Waals surface area (Å²) in [5, 5.41) is 0. The van der Waals surface area contributed by atoms with Crippen LogP contribution in [0.2, 0.25) is 0 Å². The van der Waals surface area contributed by atoms with Crippen LogP contribution in [0.3, 0.4) is 0 Å². The summed E-state index contributed by atoms with van der Waals surface area (Å²) in [6.45, 7) is 0. The van der Waals surface area contributed by atoms with Gasteiger partial charge in [0.1, 0.15) is 0 Å². The van der Waals surface area contributed by atoms with Crippen LogP contribution in [0.4, 0.5) is 4.39 Å². The number of hydrogen-bond acceptors (Lipinski definition) is 2. The van der Waals surface area contributed by atoms with Crippen molar-refractivity contribution in [1.29, 1.82) is 0 Å². The minimum Gasteiger partial charge on any atom is -0.494 e. The van der Waals surface area contributed by atoms with Crippen molar-refractivity contribution in [2.45, 2.75) is 6.42 Å². The highest BCUT2D eigenvalue weighted by Gasteiger charge is 2.08. The molecular weight excluding hydrogens is 183 g/mol. The molecule has 0 unspecified atom stereocenters. The van der Waals surface area contributed by atoms with Gasteiger partial charge in [-0.05, 0) is 18.2 Å². The molecule has 1 aromatic carbocycles. The normalized spacial score (nSPS) is 9.21. The summed E-state index contributed by atoms with van der Waals surface area (Å²) in [5.74, 6) is 1.49. The molecule has 0 saturated heterocycles. The van der Waals surface area contributed by atoms with E-state index in [4.69, 9.17) is 11.2 Å². The van der Waals surface area contributed by atoms with Crippen LogP contribution < -0.4 is 4.74 Å². The molecule has 0 heterocycles. The highest BCUT2D eigenvalue weighted by molar-refractivity contribution is 5.97. The van der Waals surface area contributed by atoms with E-state index < -0.39 is 5.82 Å². The van der Waals surface area contributed by atoms with E-state index in [9.17, 15) is 9.18 Å². The average molecular weight is 192 g/mol. The first-order valence-electron chi connectivity index (χ1n) is 3.99. The lowest BCUT2D eigenvalue weighted by Gasteiger charge is -2.02. The van der Waals surface area contributed by atoms with Gasteiger partial charge >= 0.3 is 0 Å². The van der Waals surface area contributed by atoms with E-state index in [0.717, 1.165) is 6.07 Å². The summed E-state index contributed by atoms with van der Waals surface area (Å²) in [6, 6.07) is 4.01. The third-order valence-corrected chi connectivity index (χ3v) is 1.74. The molecule has 14 heavy (non-hydrogen) atoms. The summed E-state index contributed by atoms with van der Waals surface area (Å²) in [6.07, 6.45) is 4.95. The fraction of sp³-hybridized carbons (Fsp3) is 0.182. The third-order valence-electron chi connectivity index (χ3n) is 1.74. The van der Waals surface area contributed by atoms with Crippen molar-refractivity contribution in [3.05, 3.63) is 29.6 Å². The Morgan fingerprint density at radius 1 is 1.64 bits per heavy atom. The summed E-state index contributed by atoms with van der Waals surface area (Å²) in [4.78, 5) is 11.2. The van der Waals surface area contributed by atoms with E-state index >= 15 is 0 Å². The fourth-order valence-corrected chi connectivity index (χ4v) is 1.03. The number of terminal acetylenes is 1. The van der Waals surface area contributed by atoms with Crippen molar-refractivity contribution in [3.8, 4) is 18.1 Å². The van der Waals surface area contributed by atoms with Crippen LogP contribution in [0.1, 0.15) is 16.8 Å². The van der Waals surface area contributed by atoms with Crippen molar-refractivity contribution >= 4 is 5.78 Å². The van der Waals surface area contributed by atoms with Gasteiger partial charge in [-0.25, -0.2) is 4.39 Å². The van der Waals surface area contributed by atoms with E-state index in [1.165, 1.54) is 19.2 Å². The number of carbonyl (C=O) groups excluding carboxylic acids is 1. The summed E-state index contributed by atoms with van der Waals surface area (Å²) >= 11 is 0. The molecule has 0 spiro atoms. The summed E-state index contributed by atoms with van der Waals surface area (Å²) in [5.41, 5.74) is 0.265. The van der Waals surface area contributed by atoms with Crippen LogP contribution in [-0.4, -0.2) is 12.9 Å². The molecule has 0 fully saturated rings. The minimum atomic E-state index is -0.560. The molecule has 0 aliphatic carbocycles. The number of ether oxygens (including phenoxy) is 1. The molecule has 0 radical (unpaired) electrons. The first kappa shape index (κ1) is 10.3. The quantitative estimate of drug-likeness (QED) is 0.541. The predicted octanol–water partition coefficient (Wildman–Crippen LogP) is 2.04. The van der Waals surface area contributed by atoms with Crippen LogP contribution in [0, 0.1) is 18.2 Å². The maximum Gasteiger partial charge on any atom is 0.174 e. The molecule has 0 bridgehead atoms. The minimum absolute atomic E-state index is 0.0221. The molecule has 1 aromatic rings. The van der Waals surface area contributed by atoms with E-state index in [1.54, 1.807) is 0 Å². The lowest BCUT2D eigenvalue weighted by atomic mass is 10.1. The zero-order chi connectivity index (χ0) is 10.6. The molecule has 1 rings (SSSR count). The van der Waals surface area contributed by atoms with E-state index in [1.807, 2.05) is 0 Å². The van der Waals surface area contributed by atoms with Crippen LogP contribution >= 0.6 is 0 Å². The molecule has 0 aliphatic rings. The molecule has 0 atom stereocenters. The van der Waals surface area contributed by atoms with E-state index in [2.05, 4.69) is 5.92 Å². The topological polar surface area (TPSA) is 26.3 Å². The van der Waals surface area contributed by atoms with Crippen LogP contribution in [0.25, 0.3) is 0 Å². The van der Waals surface area contributed by atoms with Crippen molar-refractivity contribution in [2.24, 2.45) is 0 Å². The maximum atomic E-state index is 13.1. The van der Waals surface area contributed by atoms with Gasteiger partial charge in [0.05, 0.1) is 13.5 Å². The number of methoxy groups -OCH3 is 1. The Labute approximate surface area is 81.7 Å². The first-order chi connectivity index (χ1) is 6.69. The van der Waals surface area contributed by atoms with Crippen molar-refractivity contribution in [1.82, 2.24) is 0 Å². The third kappa shape index (κ3) is 2.11. The Bertz CT molecular complexity index is 391. The van der Waals surface area contributed by atoms with Gasteiger partial charge in [-0.3, -0.25) is 4.79 Å². The Morgan fingerprint density at radius 3 is 2.86 bits per heavy atom. The molecule has 72 valence electrons. The molecule has 0 amide bonds. The number of Topliss-reactive ketones (excluding diaryl/α,β-unsaturated/α-hetero) is 1. The Balaban J connectivity index is 2.98. The Hall–Kier alpha value is -1.82.